The molecule has 0 spiro atoms. The van der Waals surface area contributed by atoms with Gasteiger partial charge in [0.15, 0.2) is 0 Å². The van der Waals surface area contributed by atoms with Gasteiger partial charge in [0, 0.05) is 0 Å². The van der Waals surface area contributed by atoms with E-state index in [0.29, 0.717) is 19.9 Å². The molecule has 1 amide bonds. The Morgan fingerprint density at radius 2 is 1.68 bits per heavy atom. The first kappa shape index (κ1) is 22.7. The summed E-state index contributed by atoms with van der Waals surface area (Å²) in [5.41, 5.74) is 2.55. The number of hydrogen-bond donors (Lipinski definition) is 1. The third kappa shape index (κ3) is 5.61. The van der Waals surface area contributed by atoms with Gasteiger partial charge in [0.2, 0.25) is 0 Å². The van der Waals surface area contributed by atoms with Crippen LogP contribution in [0.15, 0.2) is 82.8 Å². The van der Waals surface area contributed by atoms with E-state index in [-0.39, 0.29) is 10.6 Å². The Labute approximate surface area is 189 Å². The van der Waals surface area contributed by atoms with Crippen molar-refractivity contribution < 1.29 is 17.6 Å². The molecule has 3 aromatic carbocycles. The van der Waals surface area contributed by atoms with Crippen molar-refractivity contribution in [3.63, 3.8) is 0 Å². The highest BCUT2D eigenvalue weighted by Crippen LogP contribution is 2.26. The second kappa shape index (κ2) is 9.91. The van der Waals surface area contributed by atoms with Crippen molar-refractivity contribution in [1.29, 1.82) is 0 Å². The quantitative estimate of drug-likeness (QED) is 0.400. The van der Waals surface area contributed by atoms with E-state index in [1.807, 2.05) is 0 Å². The lowest BCUT2D eigenvalue weighted by molar-refractivity contribution is -0.119. The number of hydrazone groups is 1. The average molecular weight is 480 g/mol. The van der Waals surface area contributed by atoms with E-state index < -0.39 is 28.3 Å². The Morgan fingerprint density at radius 1 is 1.00 bits per heavy atom. The van der Waals surface area contributed by atoms with Gasteiger partial charge in [-0.15, -0.1) is 0 Å². The van der Waals surface area contributed by atoms with E-state index in [0.717, 1.165) is 6.07 Å². The highest BCUT2D eigenvalue weighted by Gasteiger charge is 2.28. The van der Waals surface area contributed by atoms with E-state index in [4.69, 9.17) is 23.2 Å². The molecule has 3 rings (SSSR count). The molecule has 6 nitrogen and oxygen atoms in total. The lowest BCUT2D eigenvalue weighted by Gasteiger charge is -2.24. The van der Waals surface area contributed by atoms with Gasteiger partial charge in [-0.25, -0.2) is 18.2 Å². The third-order valence-electron chi connectivity index (χ3n) is 4.09. The summed E-state index contributed by atoms with van der Waals surface area (Å²) in [6.07, 6.45) is 1.32. The fraction of sp³-hybridized carbons (Fsp3) is 0.0476. The molecule has 0 bridgehead atoms. The maximum atomic E-state index is 14.4. The van der Waals surface area contributed by atoms with Gasteiger partial charge in [0.1, 0.15) is 12.4 Å². The molecule has 0 aliphatic carbocycles. The van der Waals surface area contributed by atoms with Crippen LogP contribution < -0.4 is 9.73 Å². The SMILES string of the molecule is O=C(CN(c1ccccc1F)S(=O)(=O)c1ccccc1)N/N=C\c1ccc(Cl)c(Cl)c1. The highest BCUT2D eigenvalue weighted by atomic mass is 35.5. The number of sulfonamides is 1. The highest BCUT2D eigenvalue weighted by molar-refractivity contribution is 7.92. The Kier molecular flexibility index (Phi) is 7.27. The molecular formula is C21H16Cl2FN3O3S. The normalized spacial score (nSPS) is 11.5. The molecule has 0 atom stereocenters. The van der Waals surface area contributed by atoms with Crippen LogP contribution in [0.3, 0.4) is 0 Å². The first-order valence-corrected chi connectivity index (χ1v) is 11.1. The van der Waals surface area contributed by atoms with E-state index in [1.165, 1.54) is 48.7 Å². The van der Waals surface area contributed by atoms with Crippen LogP contribution in [0.4, 0.5) is 10.1 Å². The zero-order chi connectivity index (χ0) is 22.4. The van der Waals surface area contributed by atoms with Crippen molar-refractivity contribution >= 4 is 51.0 Å². The minimum absolute atomic E-state index is 0.0784. The van der Waals surface area contributed by atoms with Crippen LogP contribution in [0.2, 0.25) is 10.0 Å². The van der Waals surface area contributed by atoms with Gasteiger partial charge in [-0.05, 0) is 42.0 Å². The number of para-hydroxylation sites is 1. The average Bonchev–Trinajstić information content (AvgIpc) is 2.76. The summed E-state index contributed by atoms with van der Waals surface area (Å²) in [6, 6.07) is 17.5. The topological polar surface area (TPSA) is 78.8 Å². The van der Waals surface area contributed by atoms with Crippen LogP contribution in [-0.2, 0) is 14.8 Å². The summed E-state index contributed by atoms with van der Waals surface area (Å²) in [4.78, 5) is 12.3. The summed E-state index contributed by atoms with van der Waals surface area (Å²) < 4.78 is 41.3. The molecule has 3 aromatic rings. The Hall–Kier alpha value is -2.94. The molecule has 0 unspecified atom stereocenters. The molecule has 0 fully saturated rings. The monoisotopic (exact) mass is 479 g/mol. The smallest absolute Gasteiger partial charge is 0.264 e. The number of hydrogen-bond acceptors (Lipinski definition) is 4. The summed E-state index contributed by atoms with van der Waals surface area (Å²) in [5, 5.41) is 4.48. The molecule has 10 heteroatoms. The number of carbonyl (C=O) groups is 1. The predicted octanol–water partition coefficient (Wildman–Crippen LogP) is 4.48. The van der Waals surface area contributed by atoms with Crippen molar-refractivity contribution in [2.24, 2.45) is 5.10 Å². The number of nitrogens with zero attached hydrogens (tertiary/aromatic N) is 2. The zero-order valence-electron chi connectivity index (χ0n) is 15.9. The van der Waals surface area contributed by atoms with Gasteiger partial charge in [-0.2, -0.15) is 5.10 Å². The first-order valence-electron chi connectivity index (χ1n) is 8.88. The molecule has 160 valence electrons. The standard InChI is InChI=1S/C21H16Cl2FN3O3S/c22-17-11-10-15(12-18(17)23)13-25-26-21(28)14-27(20-9-5-4-8-19(20)24)31(29,30)16-6-2-1-3-7-16/h1-13H,14H2,(H,26,28)/b25-13-. The lowest BCUT2D eigenvalue weighted by atomic mass is 10.2. The number of benzene rings is 3. The Morgan fingerprint density at radius 3 is 2.35 bits per heavy atom. The molecular weight excluding hydrogens is 464 g/mol. The van der Waals surface area contributed by atoms with Crippen molar-refractivity contribution in [2.45, 2.75) is 4.90 Å². The van der Waals surface area contributed by atoms with Crippen molar-refractivity contribution in [3.8, 4) is 0 Å². The summed E-state index contributed by atoms with van der Waals surface area (Å²) in [5.74, 6) is -1.55. The third-order valence-corrected chi connectivity index (χ3v) is 6.60. The number of rotatable bonds is 7. The predicted molar refractivity (Wildman–Crippen MR) is 120 cm³/mol. The molecule has 0 heterocycles. The molecule has 0 radical (unpaired) electrons. The van der Waals surface area contributed by atoms with E-state index in [9.17, 15) is 17.6 Å². The van der Waals surface area contributed by atoms with Crippen LogP contribution in [0, 0.1) is 5.82 Å². The number of carbonyl (C=O) groups excluding carboxylic acids is 1. The molecule has 0 aliphatic heterocycles. The van der Waals surface area contributed by atoms with Crippen LogP contribution in [-0.4, -0.2) is 27.1 Å². The van der Waals surface area contributed by atoms with Crippen LogP contribution in [0.1, 0.15) is 5.56 Å². The van der Waals surface area contributed by atoms with Gasteiger partial charge >= 0.3 is 0 Å². The molecule has 0 saturated carbocycles. The maximum Gasteiger partial charge on any atom is 0.264 e. The second-order valence-electron chi connectivity index (χ2n) is 6.24. The van der Waals surface area contributed by atoms with Gasteiger partial charge in [0.25, 0.3) is 15.9 Å². The number of anilines is 1. The Balaban J connectivity index is 1.83. The largest absolute Gasteiger partial charge is 0.271 e. The minimum Gasteiger partial charge on any atom is -0.271 e. The molecule has 1 N–H and O–H groups in total. The van der Waals surface area contributed by atoms with Crippen LogP contribution in [0.25, 0.3) is 0 Å². The van der Waals surface area contributed by atoms with Gasteiger partial charge < -0.3 is 0 Å². The van der Waals surface area contributed by atoms with Gasteiger partial charge in [-0.1, -0.05) is 59.6 Å². The van der Waals surface area contributed by atoms with Crippen molar-refractivity contribution in [2.75, 3.05) is 10.8 Å². The summed E-state index contributed by atoms with van der Waals surface area (Å²) >= 11 is 11.8. The first-order chi connectivity index (χ1) is 14.8. The lowest BCUT2D eigenvalue weighted by Crippen LogP contribution is -2.40. The van der Waals surface area contributed by atoms with Crippen molar-refractivity contribution in [1.82, 2.24) is 5.43 Å². The summed E-state index contributed by atoms with van der Waals surface area (Å²) in [6.45, 7) is -0.684. The van der Waals surface area contributed by atoms with Crippen LogP contribution >= 0.6 is 23.2 Å². The van der Waals surface area contributed by atoms with Gasteiger partial charge in [-0.3, -0.25) is 9.10 Å². The zero-order valence-corrected chi connectivity index (χ0v) is 18.2. The molecule has 0 aliphatic rings. The molecule has 0 saturated heterocycles. The maximum absolute atomic E-state index is 14.4. The Bertz CT molecular complexity index is 1220. The summed E-state index contributed by atoms with van der Waals surface area (Å²) in [7, 11) is -4.21. The number of nitrogens with one attached hydrogen (secondary N) is 1. The second-order valence-corrected chi connectivity index (χ2v) is 8.92. The van der Waals surface area contributed by atoms with Gasteiger partial charge in [0.05, 0.1) is 26.8 Å². The fourth-order valence-electron chi connectivity index (χ4n) is 2.61. The molecule has 31 heavy (non-hydrogen) atoms. The van der Waals surface area contributed by atoms with E-state index >= 15 is 0 Å². The van der Waals surface area contributed by atoms with E-state index in [2.05, 4.69) is 10.5 Å². The minimum atomic E-state index is -4.21. The van der Waals surface area contributed by atoms with Crippen molar-refractivity contribution in [3.05, 3.63) is 94.2 Å². The van der Waals surface area contributed by atoms with Crippen LogP contribution in [0.5, 0.6) is 0 Å². The fourth-order valence-corrected chi connectivity index (χ4v) is 4.37. The molecule has 0 aromatic heterocycles. The number of halogens is 3. The number of amides is 1. The van der Waals surface area contributed by atoms with E-state index in [1.54, 1.807) is 24.3 Å².